The van der Waals surface area contributed by atoms with E-state index >= 15 is 0 Å². The molecule has 2 aliphatic carbocycles. The molecule has 0 spiro atoms. The van der Waals surface area contributed by atoms with Crippen molar-refractivity contribution in [2.24, 2.45) is 5.92 Å². The molecule has 2 aromatic carbocycles. The van der Waals surface area contributed by atoms with Gasteiger partial charge in [-0.15, -0.1) is 0 Å². The van der Waals surface area contributed by atoms with E-state index in [9.17, 15) is 4.79 Å². The summed E-state index contributed by atoms with van der Waals surface area (Å²) in [6, 6.07) is 15.2. The lowest BCUT2D eigenvalue weighted by atomic mass is 9.74. The van der Waals surface area contributed by atoms with Gasteiger partial charge in [0.05, 0.1) is 17.2 Å². The van der Waals surface area contributed by atoms with Gasteiger partial charge in [0, 0.05) is 5.92 Å². The molecule has 4 nitrogen and oxygen atoms in total. The number of carbonyl (C=O) groups is 1. The minimum Gasteiger partial charge on any atom is -0.399 e. The molecule has 0 radical (unpaired) electrons. The van der Waals surface area contributed by atoms with E-state index < -0.39 is 0 Å². The molecule has 0 saturated carbocycles. The molecular formula is C27H34BNO3. The Kier molecular flexibility index (Phi) is 5.46. The molecule has 1 saturated heterocycles. The minimum atomic E-state index is -0.339. The van der Waals surface area contributed by atoms with Gasteiger partial charge in [0.2, 0.25) is 5.91 Å². The van der Waals surface area contributed by atoms with Gasteiger partial charge < -0.3 is 14.6 Å². The van der Waals surface area contributed by atoms with E-state index in [0.717, 1.165) is 44.0 Å². The molecule has 1 amide bonds. The zero-order valence-electron chi connectivity index (χ0n) is 19.7. The molecule has 1 heterocycles. The first-order valence-electron chi connectivity index (χ1n) is 12.1. The summed E-state index contributed by atoms with van der Waals surface area (Å²) in [5.74, 6) is 0.242. The number of aryl methyl sites for hydroxylation is 2. The number of benzene rings is 2. The largest absolute Gasteiger partial charge is 0.494 e. The number of hydrogen-bond acceptors (Lipinski definition) is 3. The summed E-state index contributed by atoms with van der Waals surface area (Å²) in [6.45, 7) is 8.33. The van der Waals surface area contributed by atoms with Crippen LogP contribution in [0.2, 0.25) is 0 Å². The zero-order chi connectivity index (χ0) is 22.5. The lowest BCUT2D eigenvalue weighted by molar-refractivity contribution is -0.126. The minimum absolute atomic E-state index is 0.0410. The van der Waals surface area contributed by atoms with Gasteiger partial charge in [-0.2, -0.15) is 0 Å². The summed E-state index contributed by atoms with van der Waals surface area (Å²) in [4.78, 5) is 13.2. The standard InChI is InChI=1S/C27H34BNO3/c1-26(2)27(3,4)32-28(31-26)22-15-14-19-16-21(13-12-20(19)17-22)25(30)29-24-11-7-9-18-8-5-6-10-23(18)24/h5-6,8,10,14-15,17,21,24H,7,9,11-13,16H2,1-4H3,(H,29,30)/t21-,24?/m0/s1. The zero-order valence-corrected chi connectivity index (χ0v) is 19.7. The first kappa shape index (κ1) is 21.7. The highest BCUT2D eigenvalue weighted by Gasteiger charge is 2.51. The van der Waals surface area contributed by atoms with Gasteiger partial charge in [0.15, 0.2) is 0 Å². The quantitative estimate of drug-likeness (QED) is 0.738. The molecule has 0 aromatic heterocycles. The number of fused-ring (bicyclic) bond motifs is 2. The van der Waals surface area contributed by atoms with Gasteiger partial charge in [-0.25, -0.2) is 0 Å². The summed E-state index contributed by atoms with van der Waals surface area (Å²) in [6.07, 6.45) is 5.90. The predicted octanol–water partition coefficient (Wildman–Crippen LogP) is 4.28. The monoisotopic (exact) mass is 431 g/mol. The fourth-order valence-electron chi connectivity index (χ4n) is 5.32. The second-order valence-electron chi connectivity index (χ2n) is 10.7. The molecule has 32 heavy (non-hydrogen) atoms. The van der Waals surface area contributed by atoms with Crippen LogP contribution in [-0.4, -0.2) is 24.2 Å². The molecule has 0 bridgehead atoms. The third-order valence-electron chi connectivity index (χ3n) is 8.04. The molecule has 5 rings (SSSR count). The van der Waals surface area contributed by atoms with E-state index in [-0.39, 0.29) is 36.2 Å². The Balaban J connectivity index is 1.26. The van der Waals surface area contributed by atoms with Crippen LogP contribution in [0.25, 0.3) is 0 Å². The van der Waals surface area contributed by atoms with Crippen molar-refractivity contribution >= 4 is 18.5 Å². The molecule has 3 aliphatic rings. The van der Waals surface area contributed by atoms with Crippen LogP contribution < -0.4 is 10.8 Å². The van der Waals surface area contributed by atoms with Gasteiger partial charge in [0.25, 0.3) is 0 Å². The Morgan fingerprint density at radius 2 is 1.69 bits per heavy atom. The Morgan fingerprint density at radius 3 is 2.47 bits per heavy atom. The molecule has 1 unspecified atom stereocenters. The molecule has 5 heteroatoms. The average Bonchev–Trinajstić information content (AvgIpc) is 3.00. The van der Waals surface area contributed by atoms with Crippen LogP contribution in [0.3, 0.4) is 0 Å². The van der Waals surface area contributed by atoms with Crippen LogP contribution in [0.4, 0.5) is 0 Å². The highest BCUT2D eigenvalue weighted by molar-refractivity contribution is 6.62. The topological polar surface area (TPSA) is 47.6 Å². The number of nitrogens with one attached hydrogen (secondary N) is 1. The van der Waals surface area contributed by atoms with Gasteiger partial charge in [-0.1, -0.05) is 42.5 Å². The smallest absolute Gasteiger partial charge is 0.399 e. The Hall–Kier alpha value is -2.11. The predicted molar refractivity (Wildman–Crippen MR) is 128 cm³/mol. The maximum Gasteiger partial charge on any atom is 0.494 e. The van der Waals surface area contributed by atoms with Crippen molar-refractivity contribution in [3.05, 3.63) is 64.7 Å². The lowest BCUT2D eigenvalue weighted by Gasteiger charge is -2.32. The lowest BCUT2D eigenvalue weighted by Crippen LogP contribution is -2.41. The second-order valence-corrected chi connectivity index (χ2v) is 10.7. The first-order chi connectivity index (χ1) is 15.2. The van der Waals surface area contributed by atoms with Gasteiger partial charge >= 0.3 is 7.12 Å². The van der Waals surface area contributed by atoms with Crippen molar-refractivity contribution in [2.75, 3.05) is 0 Å². The summed E-state index contributed by atoms with van der Waals surface area (Å²) in [5.41, 5.74) is 5.68. The van der Waals surface area contributed by atoms with Crippen molar-refractivity contribution in [2.45, 2.75) is 83.5 Å². The summed E-state index contributed by atoms with van der Waals surface area (Å²) in [5, 5.41) is 3.37. The molecule has 2 aromatic rings. The second kappa shape index (κ2) is 8.04. The Morgan fingerprint density at radius 1 is 0.938 bits per heavy atom. The summed E-state index contributed by atoms with van der Waals surface area (Å²) in [7, 11) is -0.335. The van der Waals surface area contributed by atoms with E-state index in [1.807, 2.05) is 0 Å². The van der Waals surface area contributed by atoms with Crippen LogP contribution in [0.15, 0.2) is 42.5 Å². The third-order valence-corrected chi connectivity index (χ3v) is 8.04. The third kappa shape index (κ3) is 3.90. The van der Waals surface area contributed by atoms with Gasteiger partial charge in [-0.3, -0.25) is 4.79 Å². The van der Waals surface area contributed by atoms with Crippen molar-refractivity contribution < 1.29 is 14.1 Å². The number of rotatable bonds is 3. The SMILES string of the molecule is CC1(C)OB(c2ccc3c(c2)CC[C@H](C(=O)NC2CCCc4ccccc42)C3)OC1(C)C. The Bertz CT molecular complexity index is 1020. The van der Waals surface area contributed by atoms with Gasteiger partial charge in [-0.05, 0) is 93.9 Å². The van der Waals surface area contributed by atoms with E-state index in [1.165, 1.54) is 22.3 Å². The van der Waals surface area contributed by atoms with E-state index in [2.05, 4.69) is 75.5 Å². The van der Waals surface area contributed by atoms with Crippen molar-refractivity contribution in [3.8, 4) is 0 Å². The van der Waals surface area contributed by atoms with E-state index in [4.69, 9.17) is 9.31 Å². The van der Waals surface area contributed by atoms with Gasteiger partial charge in [0.1, 0.15) is 0 Å². The molecule has 1 aliphatic heterocycles. The summed E-state index contributed by atoms with van der Waals surface area (Å²) < 4.78 is 12.5. The van der Waals surface area contributed by atoms with Crippen molar-refractivity contribution in [1.29, 1.82) is 0 Å². The highest BCUT2D eigenvalue weighted by atomic mass is 16.7. The number of hydrogen-bond donors (Lipinski definition) is 1. The first-order valence-corrected chi connectivity index (χ1v) is 12.1. The molecular weight excluding hydrogens is 397 g/mol. The van der Waals surface area contributed by atoms with Crippen molar-refractivity contribution in [1.82, 2.24) is 5.32 Å². The van der Waals surface area contributed by atoms with Crippen molar-refractivity contribution in [3.63, 3.8) is 0 Å². The molecule has 168 valence electrons. The fourth-order valence-corrected chi connectivity index (χ4v) is 5.32. The van der Waals surface area contributed by atoms with E-state index in [0.29, 0.717) is 0 Å². The maximum atomic E-state index is 13.2. The molecule has 1 N–H and O–H groups in total. The number of carbonyl (C=O) groups excluding carboxylic acids is 1. The van der Waals surface area contributed by atoms with Crippen LogP contribution in [0.1, 0.15) is 75.3 Å². The van der Waals surface area contributed by atoms with E-state index in [1.54, 1.807) is 0 Å². The van der Waals surface area contributed by atoms with Crippen LogP contribution >= 0.6 is 0 Å². The number of amides is 1. The molecule has 1 fully saturated rings. The highest BCUT2D eigenvalue weighted by Crippen LogP contribution is 2.37. The van der Waals surface area contributed by atoms with Crippen LogP contribution in [0, 0.1) is 5.92 Å². The average molecular weight is 431 g/mol. The maximum absolute atomic E-state index is 13.2. The Labute approximate surface area is 192 Å². The molecule has 2 atom stereocenters. The normalized spacial score (nSPS) is 25.7. The fraction of sp³-hybridized carbons (Fsp3) is 0.519. The van der Waals surface area contributed by atoms with Crippen LogP contribution in [-0.2, 0) is 33.4 Å². The summed E-state index contributed by atoms with van der Waals surface area (Å²) >= 11 is 0. The van der Waals surface area contributed by atoms with Crippen LogP contribution in [0.5, 0.6) is 0 Å².